The minimum atomic E-state index is -0.266. The number of halogens is 2. The zero-order chi connectivity index (χ0) is 22.4. The Morgan fingerprint density at radius 3 is 2.50 bits per heavy atom. The number of nitrogens with two attached hydrogens (primary N) is 1. The third kappa shape index (κ3) is 3.94. The van der Waals surface area contributed by atoms with Crippen molar-refractivity contribution in [3.8, 4) is 11.1 Å². The van der Waals surface area contributed by atoms with Crippen LogP contribution in [0.4, 0.5) is 5.82 Å². The predicted molar refractivity (Wildman–Crippen MR) is 124 cm³/mol. The lowest BCUT2D eigenvalue weighted by atomic mass is 9.95. The number of aromatic nitrogens is 1. The second kappa shape index (κ2) is 8.56. The van der Waals surface area contributed by atoms with Crippen LogP contribution in [0.25, 0.3) is 22.1 Å². The Labute approximate surface area is 195 Å². The summed E-state index contributed by atoms with van der Waals surface area (Å²) in [6.45, 7) is 2.10. The van der Waals surface area contributed by atoms with Gasteiger partial charge in [0.1, 0.15) is 0 Å². The number of hydrazine groups is 1. The fourth-order valence-corrected chi connectivity index (χ4v) is 5.28. The quantitative estimate of drug-likeness (QED) is 0.589. The van der Waals surface area contributed by atoms with Gasteiger partial charge in [0.05, 0.1) is 11.5 Å². The number of nitrogens with zero attached hydrogens (tertiary/aromatic N) is 3. The summed E-state index contributed by atoms with van der Waals surface area (Å²) in [6.07, 6.45) is 2.38. The van der Waals surface area contributed by atoms with Gasteiger partial charge in [-0.25, -0.2) is 5.01 Å². The molecule has 2 saturated heterocycles. The minimum absolute atomic E-state index is 0.103. The van der Waals surface area contributed by atoms with Crippen LogP contribution in [0.2, 0.25) is 10.0 Å². The Kier molecular flexibility index (Phi) is 5.75. The second-order valence-electron chi connectivity index (χ2n) is 8.53. The van der Waals surface area contributed by atoms with Crippen LogP contribution in [-0.2, 0) is 11.2 Å². The molecular formula is C23H24Cl2N4O3. The van der Waals surface area contributed by atoms with Crippen LogP contribution in [0.1, 0.15) is 24.8 Å². The molecule has 0 saturated carbocycles. The lowest BCUT2D eigenvalue weighted by Gasteiger charge is -2.36. The zero-order valence-electron chi connectivity index (χ0n) is 17.4. The molecule has 2 aliphatic heterocycles. The van der Waals surface area contributed by atoms with Crippen LogP contribution >= 0.6 is 23.2 Å². The van der Waals surface area contributed by atoms with Crippen molar-refractivity contribution in [3.63, 3.8) is 0 Å². The molecular weight excluding hydrogens is 451 g/mol. The van der Waals surface area contributed by atoms with Gasteiger partial charge in [0.25, 0.3) is 0 Å². The number of carbonyl (C=O) groups excluding carboxylic acids is 1. The molecule has 0 bridgehead atoms. The van der Waals surface area contributed by atoms with Crippen molar-refractivity contribution in [1.29, 1.82) is 0 Å². The van der Waals surface area contributed by atoms with Gasteiger partial charge < -0.3 is 15.4 Å². The van der Waals surface area contributed by atoms with E-state index in [-0.39, 0.29) is 17.9 Å². The Balaban J connectivity index is 1.34. The molecule has 0 spiro atoms. The molecule has 0 radical (unpaired) electrons. The van der Waals surface area contributed by atoms with Crippen LogP contribution < -0.4 is 5.73 Å². The highest BCUT2D eigenvalue weighted by Gasteiger charge is 2.37. The summed E-state index contributed by atoms with van der Waals surface area (Å²) in [6, 6.07) is 9.37. The van der Waals surface area contributed by atoms with Crippen molar-refractivity contribution in [2.75, 3.05) is 25.4 Å². The molecule has 1 amide bonds. The maximum Gasteiger partial charge on any atom is 0.240 e. The summed E-state index contributed by atoms with van der Waals surface area (Å²) < 4.78 is 5.26. The first-order valence-corrected chi connectivity index (χ1v) is 11.5. The van der Waals surface area contributed by atoms with Crippen molar-refractivity contribution in [3.05, 3.63) is 45.9 Å². The predicted octanol–water partition coefficient (Wildman–Crippen LogP) is 4.15. The Morgan fingerprint density at radius 1 is 1.06 bits per heavy atom. The second-order valence-corrected chi connectivity index (χ2v) is 9.35. The highest BCUT2D eigenvalue weighted by atomic mass is 35.5. The molecule has 3 heterocycles. The molecule has 32 heavy (non-hydrogen) atoms. The molecule has 0 aliphatic carbocycles. The van der Waals surface area contributed by atoms with E-state index in [1.54, 1.807) is 0 Å². The van der Waals surface area contributed by atoms with Crippen LogP contribution in [-0.4, -0.2) is 51.9 Å². The summed E-state index contributed by atoms with van der Waals surface area (Å²) >= 11 is 13.3. The van der Waals surface area contributed by atoms with Crippen molar-refractivity contribution in [2.45, 2.75) is 31.8 Å². The molecule has 1 unspecified atom stereocenters. The number of rotatable bonds is 4. The van der Waals surface area contributed by atoms with E-state index in [2.05, 4.69) is 10.2 Å². The molecule has 2 aliphatic rings. The summed E-state index contributed by atoms with van der Waals surface area (Å²) in [5.74, 6) is 0.302. The van der Waals surface area contributed by atoms with Gasteiger partial charge in [-0.05, 0) is 66.6 Å². The molecule has 2 fully saturated rings. The Hall–Kier alpha value is -2.32. The van der Waals surface area contributed by atoms with Crippen molar-refractivity contribution >= 4 is 45.9 Å². The molecule has 2 aromatic carbocycles. The average Bonchev–Trinajstić information content (AvgIpc) is 3.33. The van der Waals surface area contributed by atoms with E-state index in [4.69, 9.17) is 33.5 Å². The van der Waals surface area contributed by atoms with Gasteiger partial charge in [0.15, 0.2) is 11.4 Å². The lowest BCUT2D eigenvalue weighted by Crippen LogP contribution is -2.49. The van der Waals surface area contributed by atoms with Crippen molar-refractivity contribution in [1.82, 2.24) is 15.2 Å². The van der Waals surface area contributed by atoms with Gasteiger partial charge in [-0.2, -0.15) is 0 Å². The van der Waals surface area contributed by atoms with Gasteiger partial charge in [0, 0.05) is 35.6 Å². The molecule has 5 rings (SSSR count). The molecule has 3 aromatic rings. The number of benzene rings is 2. The summed E-state index contributed by atoms with van der Waals surface area (Å²) in [5.41, 5.74) is 8.92. The van der Waals surface area contributed by atoms with Crippen LogP contribution in [0.15, 0.2) is 34.9 Å². The number of piperidine rings is 1. The van der Waals surface area contributed by atoms with E-state index in [0.29, 0.717) is 60.3 Å². The van der Waals surface area contributed by atoms with E-state index in [1.165, 1.54) is 0 Å². The van der Waals surface area contributed by atoms with Gasteiger partial charge >= 0.3 is 0 Å². The van der Waals surface area contributed by atoms with Gasteiger partial charge in [-0.15, -0.1) is 0 Å². The normalized spacial score (nSPS) is 20.5. The molecule has 168 valence electrons. The van der Waals surface area contributed by atoms with Gasteiger partial charge in [-0.1, -0.05) is 34.4 Å². The number of anilines is 1. The van der Waals surface area contributed by atoms with Crippen LogP contribution in [0.5, 0.6) is 0 Å². The summed E-state index contributed by atoms with van der Waals surface area (Å²) in [7, 11) is 0. The van der Waals surface area contributed by atoms with E-state index in [9.17, 15) is 9.90 Å². The lowest BCUT2D eigenvalue weighted by molar-refractivity contribution is -0.149. The van der Waals surface area contributed by atoms with E-state index in [0.717, 1.165) is 28.5 Å². The maximum atomic E-state index is 13.0. The SMILES string of the molecule is Nc1noc2cc(-c3cc(Cl)c(CC4CCN(N5CCC(O)CC5)C4=O)c(Cl)c3)ccc12. The molecule has 3 N–H and O–H groups in total. The zero-order valence-corrected chi connectivity index (χ0v) is 18.9. The monoisotopic (exact) mass is 474 g/mol. The molecule has 1 aromatic heterocycles. The van der Waals surface area contributed by atoms with Gasteiger partial charge in [-0.3, -0.25) is 9.80 Å². The number of hydrogen-bond donors (Lipinski definition) is 2. The summed E-state index contributed by atoms with van der Waals surface area (Å²) in [4.78, 5) is 13.0. The first-order valence-electron chi connectivity index (χ1n) is 10.8. The number of carbonyl (C=O) groups is 1. The van der Waals surface area contributed by atoms with Crippen molar-refractivity contribution < 1.29 is 14.4 Å². The topological polar surface area (TPSA) is 95.8 Å². The number of amides is 1. The van der Waals surface area contributed by atoms with E-state index < -0.39 is 0 Å². The fraction of sp³-hybridized carbons (Fsp3) is 0.391. The Morgan fingerprint density at radius 2 is 1.78 bits per heavy atom. The van der Waals surface area contributed by atoms with E-state index in [1.807, 2.05) is 35.3 Å². The Bertz CT molecular complexity index is 1150. The highest BCUT2D eigenvalue weighted by Crippen LogP contribution is 2.36. The third-order valence-corrected chi connectivity index (χ3v) is 7.17. The number of hydrogen-bond acceptors (Lipinski definition) is 6. The molecule has 7 nitrogen and oxygen atoms in total. The molecule has 9 heteroatoms. The first-order chi connectivity index (χ1) is 15.4. The largest absolute Gasteiger partial charge is 0.393 e. The van der Waals surface area contributed by atoms with Gasteiger partial charge in [0.2, 0.25) is 5.91 Å². The average molecular weight is 475 g/mol. The smallest absolute Gasteiger partial charge is 0.240 e. The highest BCUT2D eigenvalue weighted by molar-refractivity contribution is 6.36. The van der Waals surface area contributed by atoms with Crippen LogP contribution in [0.3, 0.4) is 0 Å². The van der Waals surface area contributed by atoms with Crippen molar-refractivity contribution in [2.24, 2.45) is 5.92 Å². The minimum Gasteiger partial charge on any atom is -0.393 e. The maximum absolute atomic E-state index is 13.0. The third-order valence-electron chi connectivity index (χ3n) is 6.50. The van der Waals surface area contributed by atoms with Crippen LogP contribution in [0, 0.1) is 5.92 Å². The number of aliphatic hydroxyl groups excluding tert-OH is 1. The number of fused-ring (bicyclic) bond motifs is 1. The van der Waals surface area contributed by atoms with E-state index >= 15 is 0 Å². The fourth-order valence-electron chi connectivity index (χ4n) is 4.63. The number of nitrogen functional groups attached to an aromatic ring is 1. The first kappa shape index (κ1) is 21.5. The summed E-state index contributed by atoms with van der Waals surface area (Å²) in [5, 5.41) is 19.3. The molecule has 1 atom stereocenters. The number of aliphatic hydroxyl groups is 1. The standard InChI is InChI=1S/C23H24Cl2N4O3/c24-19-10-15(13-1-2-17-21(12-13)32-27-22(17)26)11-20(25)18(19)9-14-3-8-29(23(14)31)28-6-4-16(30)5-7-28/h1-2,10-12,14,16,30H,3-9H2,(H2,26,27).